The molecule has 1 nitrogen and oxygen atoms in total. The van der Waals surface area contributed by atoms with Gasteiger partial charge in [-0.1, -0.05) is 72.8 Å². The number of halogens is 2. The van der Waals surface area contributed by atoms with E-state index in [9.17, 15) is 8.78 Å². The minimum atomic E-state index is -2.67. The van der Waals surface area contributed by atoms with E-state index in [1.165, 1.54) is 6.08 Å². The lowest BCUT2D eigenvalue weighted by atomic mass is 9.90. The SMILES string of the molecule is N[C@](/C=C/c1ccccc1)(c1ccccc1)C(F)F. The summed E-state index contributed by atoms with van der Waals surface area (Å²) < 4.78 is 26.6. The largest absolute Gasteiger partial charge is 0.313 e. The number of benzene rings is 2. The van der Waals surface area contributed by atoms with E-state index in [4.69, 9.17) is 5.73 Å². The first-order chi connectivity index (χ1) is 9.13. The van der Waals surface area contributed by atoms with E-state index in [0.717, 1.165) is 5.56 Å². The first-order valence-corrected chi connectivity index (χ1v) is 6.00. The van der Waals surface area contributed by atoms with Crippen LogP contribution in [0.25, 0.3) is 6.08 Å². The van der Waals surface area contributed by atoms with Crippen LogP contribution in [0.3, 0.4) is 0 Å². The van der Waals surface area contributed by atoms with Gasteiger partial charge in [0.25, 0.3) is 6.43 Å². The van der Waals surface area contributed by atoms with Gasteiger partial charge in [0, 0.05) is 0 Å². The lowest BCUT2D eigenvalue weighted by Gasteiger charge is -2.25. The van der Waals surface area contributed by atoms with E-state index >= 15 is 0 Å². The Balaban J connectivity index is 2.34. The molecule has 1 atom stereocenters. The van der Waals surface area contributed by atoms with E-state index in [-0.39, 0.29) is 0 Å². The molecule has 2 aromatic rings. The smallest absolute Gasteiger partial charge is 0.263 e. The van der Waals surface area contributed by atoms with Crippen LogP contribution in [0.5, 0.6) is 0 Å². The molecule has 0 spiro atoms. The molecule has 0 fully saturated rings. The molecule has 0 aromatic heterocycles. The molecule has 0 saturated carbocycles. The van der Waals surface area contributed by atoms with Gasteiger partial charge in [0.2, 0.25) is 0 Å². The summed E-state index contributed by atoms with van der Waals surface area (Å²) in [6.07, 6.45) is 0.316. The van der Waals surface area contributed by atoms with E-state index in [1.54, 1.807) is 36.4 Å². The first kappa shape index (κ1) is 13.4. The first-order valence-electron chi connectivity index (χ1n) is 6.00. The van der Waals surface area contributed by atoms with Crippen LogP contribution >= 0.6 is 0 Å². The van der Waals surface area contributed by atoms with Gasteiger partial charge in [-0.3, -0.25) is 0 Å². The van der Waals surface area contributed by atoms with Gasteiger partial charge in [-0.05, 0) is 11.1 Å². The zero-order chi connectivity index (χ0) is 13.7. The van der Waals surface area contributed by atoms with Crippen LogP contribution in [0.4, 0.5) is 8.78 Å². The second-order valence-electron chi connectivity index (χ2n) is 4.34. The van der Waals surface area contributed by atoms with Gasteiger partial charge < -0.3 is 5.73 Å². The maximum Gasteiger partial charge on any atom is 0.263 e. The van der Waals surface area contributed by atoms with Crippen LogP contribution in [0.2, 0.25) is 0 Å². The predicted octanol–water partition coefficient (Wildman–Crippen LogP) is 3.82. The Labute approximate surface area is 111 Å². The summed E-state index contributed by atoms with van der Waals surface area (Å²) in [4.78, 5) is 0. The van der Waals surface area contributed by atoms with Gasteiger partial charge in [-0.25, -0.2) is 8.78 Å². The molecule has 2 rings (SSSR count). The Bertz CT molecular complexity index is 537. The third kappa shape index (κ3) is 3.06. The molecule has 0 aliphatic carbocycles. The van der Waals surface area contributed by atoms with Crippen molar-refractivity contribution in [2.24, 2.45) is 5.73 Å². The number of hydrogen-bond donors (Lipinski definition) is 1. The molecule has 19 heavy (non-hydrogen) atoms. The topological polar surface area (TPSA) is 26.0 Å². The summed E-state index contributed by atoms with van der Waals surface area (Å²) >= 11 is 0. The zero-order valence-corrected chi connectivity index (χ0v) is 10.3. The maximum absolute atomic E-state index is 13.3. The molecule has 0 saturated heterocycles. The molecule has 3 heteroatoms. The van der Waals surface area contributed by atoms with Crippen molar-refractivity contribution in [3.63, 3.8) is 0 Å². The lowest BCUT2D eigenvalue weighted by Crippen LogP contribution is -2.41. The number of alkyl halides is 2. The Morgan fingerprint density at radius 2 is 1.42 bits per heavy atom. The van der Waals surface area contributed by atoms with E-state index in [1.807, 2.05) is 30.3 Å². The van der Waals surface area contributed by atoms with Gasteiger partial charge in [-0.2, -0.15) is 0 Å². The van der Waals surface area contributed by atoms with Crippen LogP contribution in [-0.2, 0) is 5.54 Å². The molecule has 98 valence electrons. The van der Waals surface area contributed by atoms with Crippen molar-refractivity contribution in [2.75, 3.05) is 0 Å². The fourth-order valence-corrected chi connectivity index (χ4v) is 1.82. The summed E-state index contributed by atoms with van der Waals surface area (Å²) in [6, 6.07) is 17.7. The second kappa shape index (κ2) is 5.76. The average molecular weight is 259 g/mol. The molecule has 0 radical (unpaired) electrons. The molecule has 0 amide bonds. The van der Waals surface area contributed by atoms with Crippen LogP contribution < -0.4 is 5.73 Å². The molecular weight excluding hydrogens is 244 g/mol. The molecule has 0 aliphatic heterocycles. The molecular formula is C16H15F2N. The Hall–Kier alpha value is -2.00. The van der Waals surface area contributed by atoms with Crippen molar-refractivity contribution >= 4 is 6.08 Å². The van der Waals surface area contributed by atoms with Crippen LogP contribution in [-0.4, -0.2) is 6.43 Å². The zero-order valence-electron chi connectivity index (χ0n) is 10.3. The van der Waals surface area contributed by atoms with E-state index in [2.05, 4.69) is 0 Å². The quantitative estimate of drug-likeness (QED) is 0.887. The highest BCUT2D eigenvalue weighted by Crippen LogP contribution is 2.28. The highest BCUT2D eigenvalue weighted by Gasteiger charge is 2.34. The Morgan fingerprint density at radius 1 is 0.895 bits per heavy atom. The normalized spacial score (nSPS) is 14.7. The van der Waals surface area contributed by atoms with Gasteiger partial charge >= 0.3 is 0 Å². The number of nitrogens with two attached hydrogens (primary N) is 1. The highest BCUT2D eigenvalue weighted by atomic mass is 19.3. The van der Waals surface area contributed by atoms with E-state index in [0.29, 0.717) is 5.56 Å². The maximum atomic E-state index is 13.3. The molecule has 0 heterocycles. The molecule has 2 aromatic carbocycles. The van der Waals surface area contributed by atoms with Crippen LogP contribution in [0.1, 0.15) is 11.1 Å². The van der Waals surface area contributed by atoms with Crippen molar-refractivity contribution in [3.8, 4) is 0 Å². The van der Waals surface area contributed by atoms with Crippen molar-refractivity contribution in [1.29, 1.82) is 0 Å². The summed E-state index contributed by atoms with van der Waals surface area (Å²) in [5, 5.41) is 0. The minimum Gasteiger partial charge on any atom is -0.313 e. The van der Waals surface area contributed by atoms with E-state index < -0.39 is 12.0 Å². The van der Waals surface area contributed by atoms with Crippen molar-refractivity contribution in [3.05, 3.63) is 77.9 Å². The predicted molar refractivity (Wildman–Crippen MR) is 73.8 cm³/mol. The van der Waals surface area contributed by atoms with Crippen LogP contribution in [0.15, 0.2) is 66.7 Å². The van der Waals surface area contributed by atoms with Crippen molar-refractivity contribution in [2.45, 2.75) is 12.0 Å². The highest BCUT2D eigenvalue weighted by molar-refractivity contribution is 5.52. The van der Waals surface area contributed by atoms with Gasteiger partial charge in [0.1, 0.15) is 5.54 Å². The number of hydrogen-bond acceptors (Lipinski definition) is 1. The summed E-state index contributed by atoms with van der Waals surface area (Å²) in [6.45, 7) is 0. The average Bonchev–Trinajstić information content (AvgIpc) is 2.46. The fraction of sp³-hybridized carbons (Fsp3) is 0.125. The summed E-state index contributed by atoms with van der Waals surface area (Å²) in [5.74, 6) is 0. The molecule has 2 N–H and O–H groups in total. The third-order valence-corrected chi connectivity index (χ3v) is 2.99. The third-order valence-electron chi connectivity index (χ3n) is 2.99. The lowest BCUT2D eigenvalue weighted by molar-refractivity contribution is 0.0787. The van der Waals surface area contributed by atoms with Gasteiger partial charge in [-0.15, -0.1) is 0 Å². The molecule has 0 unspecified atom stereocenters. The van der Waals surface area contributed by atoms with Gasteiger partial charge in [0.05, 0.1) is 0 Å². The fourth-order valence-electron chi connectivity index (χ4n) is 1.82. The van der Waals surface area contributed by atoms with Crippen LogP contribution in [0, 0.1) is 0 Å². The Kier molecular flexibility index (Phi) is 4.07. The van der Waals surface area contributed by atoms with Crippen molar-refractivity contribution < 1.29 is 8.78 Å². The Morgan fingerprint density at radius 3 is 1.95 bits per heavy atom. The molecule has 0 aliphatic rings. The number of rotatable bonds is 4. The standard InChI is InChI=1S/C16H15F2N/c17-15(18)16(19,14-9-5-2-6-10-14)12-11-13-7-3-1-4-8-13/h1-12,15H,19H2/b12-11+/t16-/m1/s1. The summed E-state index contributed by atoms with van der Waals surface area (Å²) in [7, 11) is 0. The molecule has 0 bridgehead atoms. The summed E-state index contributed by atoms with van der Waals surface area (Å²) in [5.41, 5.74) is 5.35. The second-order valence-corrected chi connectivity index (χ2v) is 4.34. The minimum absolute atomic E-state index is 0.400. The van der Waals surface area contributed by atoms with Crippen molar-refractivity contribution in [1.82, 2.24) is 0 Å². The monoisotopic (exact) mass is 259 g/mol. The van der Waals surface area contributed by atoms with Gasteiger partial charge in [0.15, 0.2) is 0 Å².